The molecule has 1 aliphatic heterocycles. The number of rotatable bonds is 3. The van der Waals surface area contributed by atoms with Crippen LogP contribution in [0.1, 0.15) is 12.0 Å². The molecule has 0 spiro atoms. The highest BCUT2D eigenvalue weighted by molar-refractivity contribution is 5.76. The molecule has 3 nitrogen and oxygen atoms in total. The number of amides is 1. The first-order chi connectivity index (χ1) is 7.75. The van der Waals surface area contributed by atoms with E-state index in [1.807, 2.05) is 0 Å². The zero-order valence-electron chi connectivity index (χ0n) is 8.99. The molecule has 1 saturated heterocycles. The lowest BCUT2D eigenvalue weighted by molar-refractivity contribution is -0.131. The van der Waals surface area contributed by atoms with E-state index in [2.05, 4.69) is 0 Å². The molecule has 0 unspecified atom stereocenters. The van der Waals surface area contributed by atoms with Crippen molar-refractivity contribution in [3.63, 3.8) is 0 Å². The van der Waals surface area contributed by atoms with Crippen LogP contribution in [-0.4, -0.2) is 30.7 Å². The van der Waals surface area contributed by atoms with Crippen LogP contribution in [0.5, 0.6) is 0 Å². The second-order valence-electron chi connectivity index (χ2n) is 3.82. The first-order valence-electron chi connectivity index (χ1n) is 5.35. The van der Waals surface area contributed by atoms with Gasteiger partial charge in [0.1, 0.15) is 12.5 Å². The number of carbonyl (C=O) groups is 1. The number of hydrogen-bond acceptors (Lipinski definition) is 2. The molecule has 4 heteroatoms. The molecule has 1 aromatic rings. The van der Waals surface area contributed by atoms with Crippen molar-refractivity contribution < 1.29 is 13.9 Å². The SMILES string of the molecule is O=C(CCc1ccc(F)cc1)N1CCOC1. The van der Waals surface area contributed by atoms with Gasteiger partial charge in [-0.25, -0.2) is 4.39 Å². The van der Waals surface area contributed by atoms with Gasteiger partial charge in [-0.1, -0.05) is 12.1 Å². The predicted octanol–water partition coefficient (Wildman–Crippen LogP) is 1.57. The van der Waals surface area contributed by atoms with Crippen molar-refractivity contribution in [2.45, 2.75) is 12.8 Å². The maximum Gasteiger partial charge on any atom is 0.224 e. The van der Waals surface area contributed by atoms with Crippen molar-refractivity contribution in [2.24, 2.45) is 0 Å². The van der Waals surface area contributed by atoms with Crippen LogP contribution >= 0.6 is 0 Å². The molecule has 1 heterocycles. The standard InChI is InChI=1S/C12H14FNO2/c13-11-4-1-10(2-5-11)3-6-12(15)14-7-8-16-9-14/h1-2,4-5H,3,6-9H2. The van der Waals surface area contributed by atoms with E-state index >= 15 is 0 Å². The van der Waals surface area contributed by atoms with Crippen LogP contribution in [0.25, 0.3) is 0 Å². The Bertz CT molecular complexity index is 358. The lowest BCUT2D eigenvalue weighted by Gasteiger charge is -2.12. The molecule has 2 rings (SSSR count). The Morgan fingerprint density at radius 1 is 1.38 bits per heavy atom. The van der Waals surface area contributed by atoms with Crippen molar-refractivity contribution in [1.29, 1.82) is 0 Å². The van der Waals surface area contributed by atoms with Gasteiger partial charge in [0.25, 0.3) is 0 Å². The molecule has 0 bridgehead atoms. The van der Waals surface area contributed by atoms with Crippen molar-refractivity contribution in [2.75, 3.05) is 19.9 Å². The Kier molecular flexibility index (Phi) is 3.51. The highest BCUT2D eigenvalue weighted by Gasteiger charge is 2.17. The molecular formula is C12H14FNO2. The van der Waals surface area contributed by atoms with E-state index < -0.39 is 0 Å². The minimum absolute atomic E-state index is 0.0989. The number of halogens is 1. The van der Waals surface area contributed by atoms with Crippen molar-refractivity contribution in [3.05, 3.63) is 35.6 Å². The zero-order valence-corrected chi connectivity index (χ0v) is 8.99. The van der Waals surface area contributed by atoms with Gasteiger partial charge in [0.05, 0.1) is 6.61 Å². The molecule has 0 atom stereocenters. The van der Waals surface area contributed by atoms with Gasteiger partial charge in [-0.15, -0.1) is 0 Å². The number of aryl methyl sites for hydroxylation is 1. The van der Waals surface area contributed by atoms with Gasteiger partial charge >= 0.3 is 0 Å². The minimum atomic E-state index is -0.247. The maximum atomic E-state index is 12.6. The fourth-order valence-corrected chi connectivity index (χ4v) is 1.67. The summed E-state index contributed by atoms with van der Waals surface area (Å²) < 4.78 is 17.7. The average molecular weight is 223 g/mol. The minimum Gasteiger partial charge on any atom is -0.359 e. The van der Waals surface area contributed by atoms with E-state index in [9.17, 15) is 9.18 Å². The van der Waals surface area contributed by atoms with Crippen LogP contribution in [0.2, 0.25) is 0 Å². The van der Waals surface area contributed by atoms with Gasteiger partial charge in [-0.3, -0.25) is 4.79 Å². The zero-order chi connectivity index (χ0) is 11.4. The van der Waals surface area contributed by atoms with Crippen LogP contribution in [0.15, 0.2) is 24.3 Å². The molecule has 16 heavy (non-hydrogen) atoms. The summed E-state index contributed by atoms with van der Waals surface area (Å²) >= 11 is 0. The van der Waals surface area contributed by atoms with E-state index in [4.69, 9.17) is 4.74 Å². The summed E-state index contributed by atoms with van der Waals surface area (Å²) in [5.74, 6) is -0.148. The second kappa shape index (κ2) is 5.07. The van der Waals surface area contributed by atoms with Crippen LogP contribution in [-0.2, 0) is 16.0 Å². The summed E-state index contributed by atoms with van der Waals surface area (Å²) in [5, 5.41) is 0. The largest absolute Gasteiger partial charge is 0.359 e. The lowest BCUT2D eigenvalue weighted by atomic mass is 10.1. The van der Waals surface area contributed by atoms with E-state index in [0.717, 1.165) is 5.56 Å². The van der Waals surface area contributed by atoms with E-state index in [1.54, 1.807) is 17.0 Å². The number of benzene rings is 1. The fraction of sp³-hybridized carbons (Fsp3) is 0.417. The molecule has 0 N–H and O–H groups in total. The number of hydrogen-bond donors (Lipinski definition) is 0. The monoisotopic (exact) mass is 223 g/mol. The Balaban J connectivity index is 1.82. The quantitative estimate of drug-likeness (QED) is 0.778. The Hall–Kier alpha value is -1.42. The number of nitrogens with zero attached hydrogens (tertiary/aromatic N) is 1. The van der Waals surface area contributed by atoms with Gasteiger partial charge in [-0.05, 0) is 24.1 Å². The third-order valence-electron chi connectivity index (χ3n) is 2.65. The third kappa shape index (κ3) is 2.79. The van der Waals surface area contributed by atoms with E-state index in [-0.39, 0.29) is 11.7 Å². The highest BCUT2D eigenvalue weighted by Crippen LogP contribution is 2.08. The van der Waals surface area contributed by atoms with Gasteiger partial charge in [-0.2, -0.15) is 0 Å². The van der Waals surface area contributed by atoms with Crippen LogP contribution < -0.4 is 0 Å². The second-order valence-corrected chi connectivity index (χ2v) is 3.82. The molecule has 0 radical (unpaired) electrons. The first kappa shape index (κ1) is 11.1. The predicted molar refractivity (Wildman–Crippen MR) is 57.3 cm³/mol. The Morgan fingerprint density at radius 3 is 2.75 bits per heavy atom. The molecular weight excluding hydrogens is 209 g/mol. The Labute approximate surface area is 93.8 Å². The molecule has 1 aromatic carbocycles. The summed E-state index contributed by atoms with van der Waals surface area (Å²) in [4.78, 5) is 13.4. The van der Waals surface area contributed by atoms with Crippen molar-refractivity contribution in [1.82, 2.24) is 4.90 Å². The molecule has 0 aromatic heterocycles. The Morgan fingerprint density at radius 2 is 2.12 bits per heavy atom. The summed E-state index contributed by atoms with van der Waals surface area (Å²) in [6, 6.07) is 6.25. The number of carbonyl (C=O) groups excluding carboxylic acids is 1. The summed E-state index contributed by atoms with van der Waals surface area (Å²) in [6.45, 7) is 1.72. The highest BCUT2D eigenvalue weighted by atomic mass is 19.1. The normalized spacial score (nSPS) is 15.4. The maximum absolute atomic E-state index is 12.6. The van der Waals surface area contributed by atoms with Crippen LogP contribution in [0.4, 0.5) is 4.39 Å². The van der Waals surface area contributed by atoms with E-state index in [0.29, 0.717) is 32.7 Å². The molecule has 1 fully saturated rings. The molecule has 86 valence electrons. The first-order valence-corrected chi connectivity index (χ1v) is 5.35. The molecule has 1 amide bonds. The molecule has 0 aliphatic carbocycles. The topological polar surface area (TPSA) is 29.5 Å². The summed E-state index contributed by atoms with van der Waals surface area (Å²) in [7, 11) is 0. The van der Waals surface area contributed by atoms with Gasteiger partial charge in [0.2, 0.25) is 5.91 Å². The van der Waals surface area contributed by atoms with E-state index in [1.165, 1.54) is 12.1 Å². The van der Waals surface area contributed by atoms with Crippen molar-refractivity contribution in [3.8, 4) is 0 Å². The third-order valence-corrected chi connectivity index (χ3v) is 2.65. The molecule has 1 aliphatic rings. The van der Waals surface area contributed by atoms with Crippen LogP contribution in [0, 0.1) is 5.82 Å². The van der Waals surface area contributed by atoms with Crippen molar-refractivity contribution >= 4 is 5.91 Å². The summed E-state index contributed by atoms with van der Waals surface area (Å²) in [5.41, 5.74) is 0.981. The number of ether oxygens (including phenoxy) is 1. The van der Waals surface area contributed by atoms with Gasteiger partial charge in [0.15, 0.2) is 0 Å². The van der Waals surface area contributed by atoms with Gasteiger partial charge in [0, 0.05) is 13.0 Å². The molecule has 0 saturated carbocycles. The smallest absolute Gasteiger partial charge is 0.224 e. The van der Waals surface area contributed by atoms with Crippen LogP contribution in [0.3, 0.4) is 0 Å². The average Bonchev–Trinajstić information content (AvgIpc) is 2.81. The fourth-order valence-electron chi connectivity index (χ4n) is 1.67. The van der Waals surface area contributed by atoms with Gasteiger partial charge < -0.3 is 9.64 Å². The lowest BCUT2D eigenvalue weighted by Crippen LogP contribution is -2.28. The summed E-state index contributed by atoms with van der Waals surface area (Å²) in [6.07, 6.45) is 1.10.